The van der Waals surface area contributed by atoms with Crippen molar-refractivity contribution < 1.29 is 9.59 Å². The van der Waals surface area contributed by atoms with Gasteiger partial charge in [0.2, 0.25) is 0 Å². The van der Waals surface area contributed by atoms with Crippen LogP contribution in [0.3, 0.4) is 0 Å². The van der Waals surface area contributed by atoms with E-state index in [9.17, 15) is 9.59 Å². The second-order valence-corrected chi connectivity index (χ2v) is 7.56. The zero-order chi connectivity index (χ0) is 11.8. The highest BCUT2D eigenvalue weighted by atomic mass is 16.1. The molecule has 0 radical (unpaired) electrons. The van der Waals surface area contributed by atoms with Gasteiger partial charge in [-0.25, -0.2) is 0 Å². The molecule has 2 nitrogen and oxygen atoms in total. The minimum Gasteiger partial charge on any atom is -0.299 e. The summed E-state index contributed by atoms with van der Waals surface area (Å²) in [5.41, 5.74) is 3.05. The van der Waals surface area contributed by atoms with Crippen LogP contribution in [0.25, 0.3) is 0 Å². The molecule has 8 aliphatic rings. The van der Waals surface area contributed by atoms with Crippen LogP contribution in [0.2, 0.25) is 0 Å². The topological polar surface area (TPSA) is 34.1 Å². The van der Waals surface area contributed by atoms with Gasteiger partial charge in [0.25, 0.3) is 0 Å². The zero-order valence-electron chi connectivity index (χ0n) is 10.3. The van der Waals surface area contributed by atoms with E-state index in [2.05, 4.69) is 0 Å². The van der Waals surface area contributed by atoms with Crippen LogP contribution in [0.5, 0.6) is 0 Å². The van der Waals surface area contributed by atoms with E-state index < -0.39 is 0 Å². The van der Waals surface area contributed by atoms with Crippen molar-refractivity contribution in [3.8, 4) is 0 Å². The number of Topliss-reactive ketones (excluding diaryl/α,β-unsaturated/α-hetero) is 2. The van der Waals surface area contributed by atoms with Gasteiger partial charge in [-0.3, -0.25) is 9.59 Å². The fourth-order valence-corrected chi connectivity index (χ4v) is 7.00. The van der Waals surface area contributed by atoms with E-state index in [1.807, 2.05) is 0 Å². The van der Waals surface area contributed by atoms with Crippen LogP contribution in [0, 0.1) is 47.3 Å². The van der Waals surface area contributed by atoms with Gasteiger partial charge in [0.1, 0.15) is 11.6 Å². The minimum absolute atomic E-state index is 0.281. The zero-order valence-corrected chi connectivity index (χ0v) is 10.3. The standard InChI is InChI=1S/C16H16O2/c17-15-9-3-5-1-7(9)13(11(5)15)14-8-2-6-4-10(8)16(18)12(6)14/h5-12H,1-4H2/b14-13-. The lowest BCUT2D eigenvalue weighted by molar-refractivity contribution is -0.123. The first kappa shape index (κ1) is 9.06. The first-order chi connectivity index (χ1) is 8.75. The molecule has 0 N–H and O–H groups in total. The van der Waals surface area contributed by atoms with Gasteiger partial charge in [0, 0.05) is 23.7 Å². The maximum absolute atomic E-state index is 12.3. The number of carbonyl (C=O) groups excluding carboxylic acids is 2. The van der Waals surface area contributed by atoms with Crippen molar-refractivity contribution >= 4 is 11.6 Å². The molecule has 8 atom stereocenters. The highest BCUT2D eigenvalue weighted by Gasteiger charge is 2.69. The fraction of sp³-hybridized carbons (Fsp3) is 0.750. The molecule has 2 heteroatoms. The maximum Gasteiger partial charge on any atom is 0.143 e. The molecule has 0 amide bonds. The Morgan fingerprint density at radius 2 is 1.00 bits per heavy atom. The average Bonchev–Trinajstić information content (AvgIpc) is 3.13. The van der Waals surface area contributed by atoms with Gasteiger partial charge in [-0.05, 0) is 49.4 Å². The third-order valence-corrected chi connectivity index (χ3v) is 7.29. The van der Waals surface area contributed by atoms with E-state index in [-0.39, 0.29) is 11.8 Å². The SMILES string of the molecule is O=C1C2CC3CC2/C(=C2\C4CC5CC4C(=O)C25)C13. The lowest BCUT2D eigenvalue weighted by Crippen LogP contribution is -2.14. The molecule has 0 aromatic rings. The molecule has 8 bridgehead atoms. The summed E-state index contributed by atoms with van der Waals surface area (Å²) in [6, 6.07) is 0. The van der Waals surface area contributed by atoms with Gasteiger partial charge in [-0.1, -0.05) is 11.1 Å². The monoisotopic (exact) mass is 240 g/mol. The molecule has 8 unspecified atom stereocenters. The highest BCUT2D eigenvalue weighted by Crippen LogP contribution is 2.71. The maximum atomic E-state index is 12.3. The second kappa shape index (κ2) is 2.39. The fourth-order valence-electron chi connectivity index (χ4n) is 7.00. The molecular weight excluding hydrogens is 224 g/mol. The summed E-state index contributed by atoms with van der Waals surface area (Å²) >= 11 is 0. The Morgan fingerprint density at radius 3 is 1.28 bits per heavy atom. The van der Waals surface area contributed by atoms with Crippen LogP contribution < -0.4 is 0 Å². The molecule has 8 saturated carbocycles. The third kappa shape index (κ3) is 0.664. The molecule has 92 valence electrons. The quantitative estimate of drug-likeness (QED) is 0.607. The Balaban J connectivity index is 1.60. The molecule has 0 aliphatic heterocycles. The molecular formula is C16H16O2. The Labute approximate surface area is 106 Å². The van der Waals surface area contributed by atoms with E-state index in [0.717, 1.165) is 0 Å². The lowest BCUT2D eigenvalue weighted by atomic mass is 9.83. The molecule has 0 spiro atoms. The summed E-state index contributed by atoms with van der Waals surface area (Å²) in [5, 5.41) is 0. The number of carbonyl (C=O) groups is 2. The lowest BCUT2D eigenvalue weighted by Gasteiger charge is -2.20. The summed E-state index contributed by atoms with van der Waals surface area (Å²) < 4.78 is 0. The normalized spacial score (nSPS) is 65.6. The Hall–Kier alpha value is -0.920. The molecule has 0 aromatic carbocycles. The summed E-state index contributed by atoms with van der Waals surface area (Å²) in [6.45, 7) is 0. The van der Waals surface area contributed by atoms with Crippen molar-refractivity contribution in [2.24, 2.45) is 47.3 Å². The number of rotatable bonds is 0. The molecule has 8 fully saturated rings. The smallest absolute Gasteiger partial charge is 0.143 e. The Kier molecular flexibility index (Phi) is 1.20. The average molecular weight is 240 g/mol. The summed E-state index contributed by atoms with van der Waals surface area (Å²) in [5.74, 6) is 4.89. The first-order valence-electron chi connectivity index (χ1n) is 7.57. The van der Waals surface area contributed by atoms with E-state index in [1.54, 1.807) is 0 Å². The van der Waals surface area contributed by atoms with Gasteiger partial charge in [0.05, 0.1) is 0 Å². The summed E-state index contributed by atoms with van der Waals surface area (Å²) in [6.07, 6.45) is 4.87. The number of hydrogen-bond acceptors (Lipinski definition) is 2. The second-order valence-electron chi connectivity index (χ2n) is 7.56. The third-order valence-electron chi connectivity index (χ3n) is 7.29. The van der Waals surface area contributed by atoms with Crippen molar-refractivity contribution in [1.82, 2.24) is 0 Å². The van der Waals surface area contributed by atoms with Crippen molar-refractivity contribution in [3.63, 3.8) is 0 Å². The van der Waals surface area contributed by atoms with Crippen LogP contribution >= 0.6 is 0 Å². The minimum atomic E-state index is 0.281. The molecule has 0 aromatic heterocycles. The first-order valence-corrected chi connectivity index (χ1v) is 7.57. The predicted molar refractivity (Wildman–Crippen MR) is 63.4 cm³/mol. The highest BCUT2D eigenvalue weighted by molar-refractivity contribution is 5.98. The van der Waals surface area contributed by atoms with Crippen LogP contribution in [0.1, 0.15) is 25.7 Å². The van der Waals surface area contributed by atoms with Gasteiger partial charge < -0.3 is 0 Å². The van der Waals surface area contributed by atoms with Gasteiger partial charge in [-0.2, -0.15) is 0 Å². The van der Waals surface area contributed by atoms with Gasteiger partial charge in [-0.15, -0.1) is 0 Å². The number of ketones is 2. The van der Waals surface area contributed by atoms with Gasteiger partial charge in [0.15, 0.2) is 0 Å². The van der Waals surface area contributed by atoms with E-state index in [1.165, 1.54) is 36.8 Å². The predicted octanol–water partition coefficient (Wildman–Crippen LogP) is 1.99. The molecule has 8 aliphatic carbocycles. The summed E-state index contributed by atoms with van der Waals surface area (Å²) in [4.78, 5) is 24.5. The van der Waals surface area contributed by atoms with Crippen molar-refractivity contribution in [2.45, 2.75) is 25.7 Å². The number of allylic oxidation sites excluding steroid dienone is 2. The van der Waals surface area contributed by atoms with E-state index in [0.29, 0.717) is 47.1 Å². The van der Waals surface area contributed by atoms with Crippen molar-refractivity contribution in [2.75, 3.05) is 0 Å². The van der Waals surface area contributed by atoms with Crippen LogP contribution in [-0.4, -0.2) is 11.6 Å². The van der Waals surface area contributed by atoms with E-state index >= 15 is 0 Å². The molecule has 0 heterocycles. The van der Waals surface area contributed by atoms with Gasteiger partial charge >= 0.3 is 0 Å². The Bertz CT molecular complexity index is 522. The van der Waals surface area contributed by atoms with Crippen LogP contribution in [-0.2, 0) is 9.59 Å². The largest absolute Gasteiger partial charge is 0.299 e. The van der Waals surface area contributed by atoms with Crippen molar-refractivity contribution in [1.29, 1.82) is 0 Å². The van der Waals surface area contributed by atoms with Crippen LogP contribution in [0.4, 0.5) is 0 Å². The molecule has 18 heavy (non-hydrogen) atoms. The van der Waals surface area contributed by atoms with Crippen LogP contribution in [0.15, 0.2) is 11.1 Å². The number of hydrogen-bond donors (Lipinski definition) is 0. The Morgan fingerprint density at radius 1 is 0.611 bits per heavy atom. The summed E-state index contributed by atoms with van der Waals surface area (Å²) in [7, 11) is 0. The molecule has 0 saturated heterocycles. The van der Waals surface area contributed by atoms with Crippen molar-refractivity contribution in [3.05, 3.63) is 11.1 Å². The van der Waals surface area contributed by atoms with E-state index in [4.69, 9.17) is 0 Å². The molecule has 8 rings (SSSR count).